The summed E-state index contributed by atoms with van der Waals surface area (Å²) in [5, 5.41) is 1.15. The molecule has 1 saturated heterocycles. The van der Waals surface area contributed by atoms with Gasteiger partial charge in [-0.05, 0) is 12.1 Å². The molecule has 1 fully saturated rings. The van der Waals surface area contributed by atoms with Crippen LogP contribution >= 0.6 is 23.4 Å². The number of thioether (sulfide) groups is 1. The van der Waals surface area contributed by atoms with Gasteiger partial charge in [0.1, 0.15) is 5.82 Å². The zero-order valence-corrected chi connectivity index (χ0v) is 11.7. The predicted octanol–water partition coefficient (Wildman–Crippen LogP) is 3.89. The van der Waals surface area contributed by atoms with E-state index in [4.69, 9.17) is 11.6 Å². The Morgan fingerprint density at radius 3 is 2.59 bits per heavy atom. The highest BCUT2D eigenvalue weighted by Gasteiger charge is 2.24. The highest BCUT2D eigenvalue weighted by atomic mass is 35.5. The van der Waals surface area contributed by atoms with Crippen molar-refractivity contribution in [3.63, 3.8) is 0 Å². The third kappa shape index (κ3) is 2.89. The van der Waals surface area contributed by atoms with Gasteiger partial charge in [-0.25, -0.2) is 4.39 Å². The summed E-state index contributed by atoms with van der Waals surface area (Å²) in [4.78, 5) is 2.26. The number of benzene rings is 1. The van der Waals surface area contributed by atoms with Gasteiger partial charge in [0.15, 0.2) is 0 Å². The van der Waals surface area contributed by atoms with Crippen LogP contribution in [0.2, 0.25) is 0 Å². The Kier molecular flexibility index (Phi) is 4.21. The second kappa shape index (κ2) is 5.49. The molecule has 1 heterocycles. The van der Waals surface area contributed by atoms with E-state index in [1.807, 2.05) is 17.8 Å². The normalized spacial score (nSPS) is 25.1. The fraction of sp³-hybridized carbons (Fsp3) is 0.538. The number of halogens is 2. The first-order valence-electron chi connectivity index (χ1n) is 5.85. The fourth-order valence-electron chi connectivity index (χ4n) is 2.35. The molecule has 2 atom stereocenters. The van der Waals surface area contributed by atoms with E-state index in [-0.39, 0.29) is 11.7 Å². The lowest BCUT2D eigenvalue weighted by molar-refractivity contribution is 0.614. The van der Waals surface area contributed by atoms with Crippen molar-refractivity contribution in [1.82, 2.24) is 0 Å². The van der Waals surface area contributed by atoms with Gasteiger partial charge in [0.05, 0.1) is 5.88 Å². The van der Waals surface area contributed by atoms with Crippen molar-refractivity contribution in [3.8, 4) is 0 Å². The summed E-state index contributed by atoms with van der Waals surface area (Å²) >= 11 is 7.85. The topological polar surface area (TPSA) is 3.24 Å². The first-order valence-corrected chi connectivity index (χ1v) is 7.33. The lowest BCUT2D eigenvalue weighted by atomic mass is 10.1. The molecule has 1 aliphatic rings. The largest absolute Gasteiger partial charge is 0.369 e. The Morgan fingerprint density at radius 2 is 2.00 bits per heavy atom. The van der Waals surface area contributed by atoms with Crippen LogP contribution in [0.1, 0.15) is 19.4 Å². The summed E-state index contributed by atoms with van der Waals surface area (Å²) in [5.74, 6) is 0.0324. The SMILES string of the molecule is CC1CN(c2cccc(F)c2CCl)CC(C)S1. The predicted molar refractivity (Wildman–Crippen MR) is 74.7 cm³/mol. The van der Waals surface area contributed by atoms with Gasteiger partial charge in [-0.1, -0.05) is 19.9 Å². The van der Waals surface area contributed by atoms with Crippen molar-refractivity contribution in [2.45, 2.75) is 30.2 Å². The molecular formula is C13H17ClFNS. The molecule has 1 aromatic carbocycles. The van der Waals surface area contributed by atoms with Gasteiger partial charge >= 0.3 is 0 Å². The molecule has 2 rings (SSSR count). The highest BCUT2D eigenvalue weighted by molar-refractivity contribution is 8.00. The standard InChI is InChI=1S/C13H17ClFNS/c1-9-7-16(8-10(2)17-9)13-5-3-4-12(15)11(13)6-14/h3-5,9-10H,6-8H2,1-2H3. The second-order valence-corrected chi connectivity index (χ2v) is 6.68. The van der Waals surface area contributed by atoms with E-state index in [1.165, 1.54) is 6.07 Å². The average Bonchev–Trinajstić information content (AvgIpc) is 2.27. The molecule has 0 N–H and O–H groups in total. The molecule has 1 nitrogen and oxygen atoms in total. The summed E-state index contributed by atoms with van der Waals surface area (Å²) in [7, 11) is 0. The van der Waals surface area contributed by atoms with Crippen LogP contribution in [0, 0.1) is 5.82 Å². The Morgan fingerprint density at radius 1 is 1.35 bits per heavy atom. The first kappa shape index (κ1) is 13.0. The minimum absolute atomic E-state index is 0.198. The molecule has 1 aliphatic heterocycles. The van der Waals surface area contributed by atoms with Crippen LogP contribution in [-0.2, 0) is 5.88 Å². The highest BCUT2D eigenvalue weighted by Crippen LogP contribution is 2.32. The van der Waals surface area contributed by atoms with Crippen LogP contribution in [0.3, 0.4) is 0 Å². The zero-order valence-electron chi connectivity index (χ0n) is 10.1. The Labute approximate surface area is 111 Å². The van der Waals surface area contributed by atoms with Crippen LogP contribution < -0.4 is 4.90 Å². The van der Waals surface area contributed by atoms with Crippen LogP contribution in [-0.4, -0.2) is 23.6 Å². The Hall–Kier alpha value is -0.410. The Balaban J connectivity index is 2.30. The number of rotatable bonds is 2. The minimum Gasteiger partial charge on any atom is -0.369 e. The molecule has 4 heteroatoms. The summed E-state index contributed by atoms with van der Waals surface area (Å²) in [6.45, 7) is 6.35. The molecule has 0 saturated carbocycles. The monoisotopic (exact) mass is 273 g/mol. The van der Waals surface area contributed by atoms with E-state index in [1.54, 1.807) is 6.07 Å². The molecule has 0 spiro atoms. The van der Waals surface area contributed by atoms with Crippen molar-refractivity contribution >= 4 is 29.1 Å². The van der Waals surface area contributed by atoms with E-state index >= 15 is 0 Å². The average molecular weight is 274 g/mol. The number of alkyl halides is 1. The van der Waals surface area contributed by atoms with Crippen molar-refractivity contribution in [3.05, 3.63) is 29.6 Å². The third-order valence-electron chi connectivity index (χ3n) is 2.99. The molecule has 0 amide bonds. The molecule has 2 unspecified atom stereocenters. The quantitative estimate of drug-likeness (QED) is 0.752. The lowest BCUT2D eigenvalue weighted by Crippen LogP contribution is -2.40. The number of hydrogen-bond acceptors (Lipinski definition) is 2. The van der Waals surface area contributed by atoms with Crippen molar-refractivity contribution in [2.75, 3.05) is 18.0 Å². The van der Waals surface area contributed by atoms with E-state index in [2.05, 4.69) is 18.7 Å². The number of nitrogens with zero attached hydrogens (tertiary/aromatic N) is 1. The van der Waals surface area contributed by atoms with Gasteiger partial charge in [0.25, 0.3) is 0 Å². The van der Waals surface area contributed by atoms with E-state index in [0.29, 0.717) is 16.1 Å². The summed E-state index contributed by atoms with van der Waals surface area (Å²) in [5.41, 5.74) is 1.58. The van der Waals surface area contributed by atoms with E-state index in [0.717, 1.165) is 18.8 Å². The van der Waals surface area contributed by atoms with Crippen LogP contribution in [0.15, 0.2) is 18.2 Å². The maximum atomic E-state index is 13.7. The molecular weight excluding hydrogens is 257 g/mol. The summed E-state index contributed by atoms with van der Waals surface area (Å²) in [6, 6.07) is 5.21. The third-order valence-corrected chi connectivity index (χ3v) is 4.48. The van der Waals surface area contributed by atoms with Gasteiger partial charge in [-0.3, -0.25) is 0 Å². The van der Waals surface area contributed by atoms with Gasteiger partial charge in [0.2, 0.25) is 0 Å². The molecule has 94 valence electrons. The molecule has 0 bridgehead atoms. The molecule has 17 heavy (non-hydrogen) atoms. The van der Waals surface area contributed by atoms with Gasteiger partial charge in [-0.15, -0.1) is 11.6 Å². The van der Waals surface area contributed by atoms with Crippen LogP contribution in [0.25, 0.3) is 0 Å². The van der Waals surface area contributed by atoms with Crippen LogP contribution in [0.4, 0.5) is 10.1 Å². The first-order chi connectivity index (χ1) is 8.11. The maximum Gasteiger partial charge on any atom is 0.129 e. The van der Waals surface area contributed by atoms with Crippen molar-refractivity contribution in [2.24, 2.45) is 0 Å². The smallest absolute Gasteiger partial charge is 0.129 e. The molecule has 0 radical (unpaired) electrons. The fourth-order valence-corrected chi connectivity index (χ4v) is 3.94. The maximum absolute atomic E-state index is 13.7. The zero-order chi connectivity index (χ0) is 12.4. The number of anilines is 1. The lowest BCUT2D eigenvalue weighted by Gasteiger charge is -2.37. The van der Waals surface area contributed by atoms with E-state index in [9.17, 15) is 4.39 Å². The Bertz CT molecular complexity index is 389. The minimum atomic E-state index is -0.198. The van der Waals surface area contributed by atoms with Crippen LogP contribution in [0.5, 0.6) is 0 Å². The molecule has 0 aromatic heterocycles. The second-order valence-electron chi connectivity index (χ2n) is 4.53. The van der Waals surface area contributed by atoms with Gasteiger partial charge < -0.3 is 4.90 Å². The van der Waals surface area contributed by atoms with Crippen molar-refractivity contribution < 1.29 is 4.39 Å². The molecule has 1 aromatic rings. The summed E-state index contributed by atoms with van der Waals surface area (Å²) in [6.07, 6.45) is 0. The number of hydrogen-bond donors (Lipinski definition) is 0. The van der Waals surface area contributed by atoms with Crippen molar-refractivity contribution in [1.29, 1.82) is 0 Å². The van der Waals surface area contributed by atoms with E-state index < -0.39 is 0 Å². The molecule has 0 aliphatic carbocycles. The van der Waals surface area contributed by atoms with Gasteiger partial charge in [-0.2, -0.15) is 11.8 Å². The van der Waals surface area contributed by atoms with Gasteiger partial charge in [0, 0.05) is 34.8 Å². The summed E-state index contributed by atoms with van der Waals surface area (Å²) < 4.78 is 13.7.